The topological polar surface area (TPSA) is 99.2 Å². The van der Waals surface area contributed by atoms with Crippen LogP contribution in [0.3, 0.4) is 0 Å². The summed E-state index contributed by atoms with van der Waals surface area (Å²) < 4.78 is 33.9. The highest BCUT2D eigenvalue weighted by molar-refractivity contribution is 7.92. The minimum atomic E-state index is -3.91. The molecule has 33 heavy (non-hydrogen) atoms. The van der Waals surface area contributed by atoms with E-state index in [4.69, 9.17) is 4.74 Å². The monoisotopic (exact) mass is 473 g/mol. The van der Waals surface area contributed by atoms with Crippen molar-refractivity contribution in [2.75, 3.05) is 49.5 Å². The summed E-state index contributed by atoms with van der Waals surface area (Å²) in [4.78, 5) is 16.4. The van der Waals surface area contributed by atoms with E-state index >= 15 is 0 Å². The van der Waals surface area contributed by atoms with Crippen LogP contribution < -0.4 is 14.4 Å². The van der Waals surface area contributed by atoms with Crippen LogP contribution in [0.4, 0.5) is 11.4 Å². The molecule has 2 aromatic rings. The number of carboxylic acids is 1. The van der Waals surface area contributed by atoms with Gasteiger partial charge in [-0.15, -0.1) is 0 Å². The van der Waals surface area contributed by atoms with Gasteiger partial charge in [0, 0.05) is 19.6 Å². The summed E-state index contributed by atoms with van der Waals surface area (Å²) in [5.41, 5.74) is 1.03. The lowest BCUT2D eigenvalue weighted by Gasteiger charge is -2.37. The first kappa shape index (κ1) is 23.4. The average Bonchev–Trinajstić information content (AvgIpc) is 3.32. The molecule has 0 unspecified atom stereocenters. The SMILES string of the molecule is COc1ccc(S(=O)(=O)Nc2cc(C(=O)O)ccc2N2CCC[C@H](CN3CCCC3)C2)cc1. The highest BCUT2D eigenvalue weighted by Gasteiger charge is 2.26. The maximum atomic E-state index is 13.1. The Morgan fingerprint density at radius 2 is 1.82 bits per heavy atom. The number of sulfonamides is 1. The van der Waals surface area contributed by atoms with Crippen LogP contribution in [0.2, 0.25) is 0 Å². The minimum Gasteiger partial charge on any atom is -0.497 e. The molecular weight excluding hydrogens is 442 g/mol. The zero-order valence-electron chi connectivity index (χ0n) is 18.9. The van der Waals surface area contributed by atoms with Crippen LogP contribution in [0.25, 0.3) is 0 Å². The maximum Gasteiger partial charge on any atom is 0.335 e. The molecule has 2 saturated heterocycles. The third-order valence-corrected chi connectivity index (χ3v) is 7.81. The second kappa shape index (κ2) is 10.0. The van der Waals surface area contributed by atoms with E-state index in [-0.39, 0.29) is 16.1 Å². The van der Waals surface area contributed by atoms with Crippen molar-refractivity contribution in [1.82, 2.24) is 4.90 Å². The largest absolute Gasteiger partial charge is 0.497 e. The van der Waals surface area contributed by atoms with Crippen molar-refractivity contribution in [1.29, 1.82) is 0 Å². The van der Waals surface area contributed by atoms with Crippen LogP contribution in [-0.2, 0) is 10.0 Å². The summed E-state index contributed by atoms with van der Waals surface area (Å²) in [6, 6.07) is 10.8. The molecule has 178 valence electrons. The number of methoxy groups -OCH3 is 1. The molecule has 0 saturated carbocycles. The van der Waals surface area contributed by atoms with E-state index in [1.807, 2.05) is 0 Å². The van der Waals surface area contributed by atoms with Crippen LogP contribution in [0.1, 0.15) is 36.0 Å². The van der Waals surface area contributed by atoms with Crippen molar-refractivity contribution >= 4 is 27.4 Å². The molecule has 0 aromatic heterocycles. The Morgan fingerprint density at radius 1 is 1.09 bits per heavy atom. The van der Waals surface area contributed by atoms with Gasteiger partial charge in [0.15, 0.2) is 0 Å². The Bertz CT molecular complexity index is 1080. The summed E-state index contributed by atoms with van der Waals surface area (Å²) in [7, 11) is -2.39. The van der Waals surface area contributed by atoms with Gasteiger partial charge in [0.25, 0.3) is 10.0 Å². The first-order valence-corrected chi connectivity index (χ1v) is 12.9. The van der Waals surface area contributed by atoms with Crippen LogP contribution in [0.5, 0.6) is 5.75 Å². The summed E-state index contributed by atoms with van der Waals surface area (Å²) in [6.45, 7) is 4.98. The van der Waals surface area contributed by atoms with E-state index in [1.54, 1.807) is 18.2 Å². The molecule has 9 heteroatoms. The number of aromatic carboxylic acids is 1. The number of carboxylic acid groups (broad SMARTS) is 1. The molecule has 2 N–H and O–H groups in total. The fraction of sp³-hybridized carbons (Fsp3) is 0.458. The smallest absolute Gasteiger partial charge is 0.335 e. The highest BCUT2D eigenvalue weighted by Crippen LogP contribution is 2.33. The molecule has 0 amide bonds. The summed E-state index contributed by atoms with van der Waals surface area (Å²) in [5.74, 6) is -0.0427. The molecule has 0 radical (unpaired) electrons. The van der Waals surface area contributed by atoms with Gasteiger partial charge in [-0.2, -0.15) is 0 Å². The van der Waals surface area contributed by atoms with E-state index in [1.165, 1.54) is 44.2 Å². The van der Waals surface area contributed by atoms with E-state index in [9.17, 15) is 18.3 Å². The van der Waals surface area contributed by atoms with Crippen molar-refractivity contribution < 1.29 is 23.1 Å². The Labute approximate surface area is 195 Å². The van der Waals surface area contributed by atoms with Crippen molar-refractivity contribution in [2.45, 2.75) is 30.6 Å². The molecule has 1 atom stereocenters. The lowest BCUT2D eigenvalue weighted by atomic mass is 9.96. The molecular formula is C24H31N3O5S. The first-order valence-electron chi connectivity index (χ1n) is 11.4. The quantitative estimate of drug-likeness (QED) is 0.605. The lowest BCUT2D eigenvalue weighted by molar-refractivity contribution is 0.0697. The van der Waals surface area contributed by atoms with Gasteiger partial charge in [-0.25, -0.2) is 13.2 Å². The van der Waals surface area contributed by atoms with Crippen molar-refractivity contribution in [2.24, 2.45) is 5.92 Å². The Balaban J connectivity index is 1.59. The number of rotatable bonds is 8. The summed E-state index contributed by atoms with van der Waals surface area (Å²) >= 11 is 0. The van der Waals surface area contributed by atoms with Gasteiger partial charge in [0.1, 0.15) is 5.75 Å². The molecule has 0 bridgehead atoms. The van der Waals surface area contributed by atoms with E-state index < -0.39 is 16.0 Å². The number of nitrogens with one attached hydrogen (secondary N) is 1. The summed E-state index contributed by atoms with van der Waals surface area (Å²) in [5, 5.41) is 9.47. The molecule has 4 rings (SSSR count). The normalized spacial score (nSPS) is 19.4. The fourth-order valence-corrected chi connectivity index (χ4v) is 5.81. The molecule has 0 aliphatic carbocycles. The zero-order chi connectivity index (χ0) is 23.4. The second-order valence-corrected chi connectivity index (χ2v) is 10.5. The van der Waals surface area contributed by atoms with E-state index in [0.29, 0.717) is 17.4 Å². The van der Waals surface area contributed by atoms with Crippen LogP contribution in [0, 0.1) is 5.92 Å². The van der Waals surface area contributed by atoms with Gasteiger partial charge >= 0.3 is 5.97 Å². The number of anilines is 2. The van der Waals surface area contributed by atoms with Crippen LogP contribution in [0.15, 0.2) is 47.4 Å². The molecule has 0 spiro atoms. The van der Waals surface area contributed by atoms with Crippen molar-refractivity contribution in [3.63, 3.8) is 0 Å². The number of hydrogen-bond acceptors (Lipinski definition) is 6. The van der Waals surface area contributed by atoms with Crippen LogP contribution >= 0.6 is 0 Å². The predicted octanol–water partition coefficient (Wildman–Crippen LogP) is 3.51. The second-order valence-electron chi connectivity index (χ2n) is 8.78. The molecule has 2 fully saturated rings. The minimum absolute atomic E-state index is 0.0387. The standard InChI is InChI=1S/C24H31N3O5S/c1-32-20-7-9-21(10-8-20)33(30,31)25-22-15-19(24(28)29)6-11-23(22)27-14-4-5-18(17-27)16-26-12-2-3-13-26/h6-11,15,18,25H,2-5,12-14,16-17H2,1H3,(H,28,29)/t18-/m1/s1. The van der Waals surface area contributed by atoms with Crippen LogP contribution in [-0.4, -0.2) is 64.2 Å². The molecule has 8 nitrogen and oxygen atoms in total. The molecule has 2 heterocycles. The van der Waals surface area contributed by atoms with Gasteiger partial charge in [-0.3, -0.25) is 4.72 Å². The Morgan fingerprint density at radius 3 is 2.48 bits per heavy atom. The number of piperidine rings is 1. The third-order valence-electron chi connectivity index (χ3n) is 6.43. The molecule has 2 aliphatic rings. The van der Waals surface area contributed by atoms with Crippen molar-refractivity contribution in [3.8, 4) is 5.75 Å². The number of hydrogen-bond donors (Lipinski definition) is 2. The first-order chi connectivity index (χ1) is 15.9. The number of benzene rings is 2. The Kier molecular flexibility index (Phi) is 7.09. The predicted molar refractivity (Wildman–Crippen MR) is 128 cm³/mol. The number of likely N-dealkylation sites (tertiary alicyclic amines) is 1. The van der Waals surface area contributed by atoms with Gasteiger partial charge in [-0.1, -0.05) is 0 Å². The van der Waals surface area contributed by atoms with Gasteiger partial charge < -0.3 is 19.6 Å². The summed E-state index contributed by atoms with van der Waals surface area (Å²) in [6.07, 6.45) is 4.67. The van der Waals surface area contributed by atoms with E-state index in [0.717, 1.165) is 45.6 Å². The number of ether oxygens (including phenoxy) is 1. The Hall–Kier alpha value is -2.78. The number of nitrogens with zero attached hydrogens (tertiary/aromatic N) is 2. The fourth-order valence-electron chi connectivity index (χ4n) is 4.75. The highest BCUT2D eigenvalue weighted by atomic mass is 32.2. The zero-order valence-corrected chi connectivity index (χ0v) is 19.7. The maximum absolute atomic E-state index is 13.1. The van der Waals surface area contributed by atoms with Crippen molar-refractivity contribution in [3.05, 3.63) is 48.0 Å². The van der Waals surface area contributed by atoms with Gasteiger partial charge in [0.2, 0.25) is 0 Å². The van der Waals surface area contributed by atoms with Gasteiger partial charge in [0.05, 0.1) is 28.9 Å². The molecule has 2 aromatic carbocycles. The van der Waals surface area contributed by atoms with E-state index in [2.05, 4.69) is 14.5 Å². The molecule has 2 aliphatic heterocycles. The third kappa shape index (κ3) is 5.59. The number of carbonyl (C=O) groups is 1. The average molecular weight is 474 g/mol. The van der Waals surface area contributed by atoms with Gasteiger partial charge in [-0.05, 0) is 87.2 Å². The lowest BCUT2D eigenvalue weighted by Crippen LogP contribution is -2.40.